The fourth-order valence-electron chi connectivity index (χ4n) is 2.48. The van der Waals surface area contributed by atoms with Gasteiger partial charge in [-0.05, 0) is 62.5 Å². The number of likely N-dealkylation sites (N-methyl/N-ethyl adjacent to an activating group) is 2. The second-order valence-corrected chi connectivity index (χ2v) is 5.84. The van der Waals surface area contributed by atoms with E-state index in [1.807, 2.05) is 6.92 Å². The van der Waals surface area contributed by atoms with Gasteiger partial charge >= 0.3 is 0 Å². The topological polar surface area (TPSA) is 52.7 Å². The molecule has 0 aliphatic carbocycles. The van der Waals surface area contributed by atoms with E-state index in [4.69, 9.17) is 0 Å². The first kappa shape index (κ1) is 19.5. The number of halogens is 2. The number of carbonyl (C=O) groups excluding carboxylic acids is 2. The second-order valence-electron chi connectivity index (χ2n) is 5.84. The van der Waals surface area contributed by atoms with Crippen molar-refractivity contribution in [2.45, 2.75) is 6.92 Å². The molecule has 0 fully saturated rings. The molecule has 5 nitrogen and oxygen atoms in total. The van der Waals surface area contributed by atoms with Crippen molar-refractivity contribution >= 4 is 23.2 Å². The Kier molecular flexibility index (Phi) is 6.80. The quantitative estimate of drug-likeness (QED) is 0.825. The van der Waals surface area contributed by atoms with Crippen molar-refractivity contribution in [1.29, 1.82) is 0 Å². The molecule has 2 aromatic rings. The fraction of sp³-hybridized carbons (Fsp3) is 0.263. The van der Waals surface area contributed by atoms with Gasteiger partial charge in [0.1, 0.15) is 11.6 Å². The van der Waals surface area contributed by atoms with Crippen LogP contribution in [0.1, 0.15) is 6.92 Å². The van der Waals surface area contributed by atoms with Gasteiger partial charge in [0, 0.05) is 17.9 Å². The molecule has 2 rings (SSSR count). The van der Waals surface area contributed by atoms with E-state index in [-0.39, 0.29) is 36.5 Å². The molecule has 0 spiro atoms. The Labute approximate surface area is 151 Å². The largest absolute Gasteiger partial charge is 0.325 e. The van der Waals surface area contributed by atoms with Crippen molar-refractivity contribution in [1.82, 2.24) is 4.90 Å². The Balaban J connectivity index is 1.89. The molecule has 0 aliphatic rings. The zero-order chi connectivity index (χ0) is 19.1. The van der Waals surface area contributed by atoms with Crippen LogP contribution in [0.3, 0.4) is 0 Å². The van der Waals surface area contributed by atoms with Gasteiger partial charge in [0.15, 0.2) is 0 Å². The van der Waals surface area contributed by atoms with Crippen molar-refractivity contribution in [2.75, 3.05) is 36.9 Å². The molecule has 1 N–H and O–H groups in total. The lowest BCUT2D eigenvalue weighted by Crippen LogP contribution is -2.41. The van der Waals surface area contributed by atoms with Gasteiger partial charge < -0.3 is 10.2 Å². The lowest BCUT2D eigenvalue weighted by molar-refractivity contribution is -0.121. The normalized spacial score (nSPS) is 10.7. The minimum atomic E-state index is -0.383. The Morgan fingerprint density at radius 2 is 1.46 bits per heavy atom. The lowest BCUT2D eigenvalue weighted by atomic mass is 10.2. The predicted molar refractivity (Wildman–Crippen MR) is 97.0 cm³/mol. The second kappa shape index (κ2) is 9.05. The van der Waals surface area contributed by atoms with Gasteiger partial charge in [0.2, 0.25) is 11.8 Å². The van der Waals surface area contributed by atoms with Gasteiger partial charge in [0.25, 0.3) is 0 Å². The zero-order valence-corrected chi connectivity index (χ0v) is 14.7. The molecule has 0 atom stereocenters. The first-order chi connectivity index (χ1) is 12.4. The summed E-state index contributed by atoms with van der Waals surface area (Å²) in [6, 6.07) is 11.1. The van der Waals surface area contributed by atoms with E-state index in [1.54, 1.807) is 11.9 Å². The van der Waals surface area contributed by atoms with Gasteiger partial charge in [-0.15, -0.1) is 0 Å². The van der Waals surface area contributed by atoms with Crippen molar-refractivity contribution in [3.05, 3.63) is 60.2 Å². The lowest BCUT2D eigenvalue weighted by Gasteiger charge is -2.24. The zero-order valence-electron chi connectivity index (χ0n) is 14.7. The average molecular weight is 361 g/mol. The highest BCUT2D eigenvalue weighted by Gasteiger charge is 2.17. The number of nitrogens with one attached hydrogen (secondary N) is 1. The molecular weight excluding hydrogens is 340 g/mol. The molecule has 0 heterocycles. The van der Waals surface area contributed by atoms with Gasteiger partial charge in [0.05, 0.1) is 13.1 Å². The summed E-state index contributed by atoms with van der Waals surface area (Å²) in [7, 11) is 1.65. The third-order valence-corrected chi connectivity index (χ3v) is 3.70. The van der Waals surface area contributed by atoms with Crippen LogP contribution in [0.2, 0.25) is 0 Å². The summed E-state index contributed by atoms with van der Waals surface area (Å²) >= 11 is 0. The number of rotatable bonds is 7. The Hall–Kier alpha value is -2.80. The average Bonchev–Trinajstić information content (AvgIpc) is 2.59. The molecule has 0 aliphatic heterocycles. The molecule has 7 heteroatoms. The summed E-state index contributed by atoms with van der Waals surface area (Å²) in [6.45, 7) is 2.29. The maximum atomic E-state index is 13.0. The molecule has 2 aromatic carbocycles. The molecule has 0 radical (unpaired) electrons. The van der Waals surface area contributed by atoms with Gasteiger partial charge in [-0.25, -0.2) is 8.78 Å². The van der Waals surface area contributed by atoms with Crippen LogP contribution in [0.5, 0.6) is 0 Å². The van der Waals surface area contributed by atoms with Crippen molar-refractivity contribution in [3.8, 4) is 0 Å². The van der Waals surface area contributed by atoms with Gasteiger partial charge in [-0.3, -0.25) is 14.5 Å². The number of anilines is 2. The third-order valence-electron chi connectivity index (χ3n) is 3.70. The maximum absolute atomic E-state index is 13.0. The van der Waals surface area contributed by atoms with E-state index in [2.05, 4.69) is 5.32 Å². The number of hydrogen-bond acceptors (Lipinski definition) is 3. The fourth-order valence-corrected chi connectivity index (χ4v) is 2.48. The van der Waals surface area contributed by atoms with E-state index in [1.165, 1.54) is 53.4 Å². The maximum Gasteiger partial charge on any atom is 0.241 e. The minimum Gasteiger partial charge on any atom is -0.325 e. The molecule has 0 saturated carbocycles. The minimum absolute atomic E-state index is 0.00406. The summed E-state index contributed by atoms with van der Waals surface area (Å²) in [5, 5.41) is 2.64. The van der Waals surface area contributed by atoms with Crippen LogP contribution in [0.15, 0.2) is 48.5 Å². The van der Waals surface area contributed by atoms with Crippen LogP contribution in [0, 0.1) is 11.6 Å². The summed E-state index contributed by atoms with van der Waals surface area (Å²) in [4.78, 5) is 27.6. The van der Waals surface area contributed by atoms with E-state index in [9.17, 15) is 18.4 Å². The highest BCUT2D eigenvalue weighted by Crippen LogP contribution is 2.15. The van der Waals surface area contributed by atoms with Crippen LogP contribution < -0.4 is 10.2 Å². The molecule has 138 valence electrons. The molecule has 26 heavy (non-hydrogen) atoms. The summed E-state index contributed by atoms with van der Waals surface area (Å²) in [6.07, 6.45) is 0. The van der Waals surface area contributed by atoms with Crippen molar-refractivity contribution in [2.24, 2.45) is 0 Å². The molecule has 0 unspecified atom stereocenters. The summed E-state index contributed by atoms with van der Waals surface area (Å²) in [5.74, 6) is -1.26. The van der Waals surface area contributed by atoms with Crippen molar-refractivity contribution in [3.63, 3.8) is 0 Å². The van der Waals surface area contributed by atoms with Crippen LogP contribution >= 0.6 is 0 Å². The predicted octanol–water partition coefficient (Wildman–Crippen LogP) is 2.89. The van der Waals surface area contributed by atoms with E-state index in [0.29, 0.717) is 17.9 Å². The van der Waals surface area contributed by atoms with E-state index < -0.39 is 0 Å². The first-order valence-corrected chi connectivity index (χ1v) is 8.19. The molecule has 0 saturated heterocycles. The number of carbonyl (C=O) groups is 2. The molecular formula is C19H21F2N3O2. The standard InChI is InChI=1S/C19H21F2N3O2/c1-3-24(17-10-6-15(21)7-11-17)19(26)13-23(2)12-18(25)22-16-8-4-14(20)5-9-16/h4-11H,3,12-13H2,1-2H3,(H,22,25). The highest BCUT2D eigenvalue weighted by atomic mass is 19.1. The number of nitrogens with zero attached hydrogens (tertiary/aromatic N) is 2. The first-order valence-electron chi connectivity index (χ1n) is 8.19. The highest BCUT2D eigenvalue weighted by molar-refractivity contribution is 5.96. The molecule has 0 bridgehead atoms. The van der Waals surface area contributed by atoms with Gasteiger partial charge in [-0.2, -0.15) is 0 Å². The number of amides is 2. The van der Waals surface area contributed by atoms with E-state index >= 15 is 0 Å². The van der Waals surface area contributed by atoms with Gasteiger partial charge in [-0.1, -0.05) is 0 Å². The van der Waals surface area contributed by atoms with Crippen LogP contribution in [-0.2, 0) is 9.59 Å². The Morgan fingerprint density at radius 3 is 2.00 bits per heavy atom. The van der Waals surface area contributed by atoms with Crippen LogP contribution in [0.25, 0.3) is 0 Å². The van der Waals surface area contributed by atoms with E-state index in [0.717, 1.165) is 0 Å². The summed E-state index contributed by atoms with van der Waals surface area (Å²) in [5.41, 5.74) is 1.08. The van der Waals surface area contributed by atoms with Crippen LogP contribution in [-0.4, -0.2) is 43.4 Å². The SMILES string of the molecule is CCN(C(=O)CN(C)CC(=O)Nc1ccc(F)cc1)c1ccc(F)cc1. The third kappa shape index (κ3) is 5.63. The molecule has 0 aromatic heterocycles. The molecule has 2 amide bonds. The smallest absolute Gasteiger partial charge is 0.241 e. The number of hydrogen-bond donors (Lipinski definition) is 1. The monoisotopic (exact) mass is 361 g/mol. The van der Waals surface area contributed by atoms with Crippen LogP contribution in [0.4, 0.5) is 20.2 Å². The number of benzene rings is 2. The Morgan fingerprint density at radius 1 is 0.923 bits per heavy atom. The van der Waals surface area contributed by atoms with Crippen molar-refractivity contribution < 1.29 is 18.4 Å². The summed E-state index contributed by atoms with van der Waals surface area (Å²) < 4.78 is 25.9. The Bertz CT molecular complexity index is 748.